The van der Waals surface area contributed by atoms with Gasteiger partial charge in [0.25, 0.3) is 5.91 Å². The monoisotopic (exact) mass is 314 g/mol. The van der Waals surface area contributed by atoms with Gasteiger partial charge in [-0.1, -0.05) is 24.3 Å². The van der Waals surface area contributed by atoms with Crippen molar-refractivity contribution in [3.63, 3.8) is 0 Å². The Morgan fingerprint density at radius 2 is 1.96 bits per heavy atom. The maximum Gasteiger partial charge on any atom is 0.251 e. The molecule has 0 aromatic carbocycles. The number of nitrogens with zero attached hydrogens (tertiary/aromatic N) is 1. The van der Waals surface area contributed by atoms with E-state index in [0.717, 1.165) is 29.8 Å². The molecule has 4 nitrogen and oxygen atoms in total. The molecule has 2 atom stereocenters. The van der Waals surface area contributed by atoms with E-state index in [1.165, 1.54) is 0 Å². The van der Waals surface area contributed by atoms with E-state index >= 15 is 0 Å². The number of carbonyl (C=O) groups excluding carboxylic acids is 1. The molecule has 1 saturated heterocycles. The lowest BCUT2D eigenvalue weighted by Gasteiger charge is -2.45. The standard InChI is InChI=1S/C19H26N2O2/c1-13-10-21(11-14(2)23-13)19(3,4)12-20-18(22)17-9-8-15-6-5-7-16(15)17/h5-9,13-14H,10-12H2,1-4H3,(H,20,22). The molecule has 0 aromatic heterocycles. The number of morpholine rings is 1. The van der Waals surface area contributed by atoms with Crippen molar-refractivity contribution in [1.29, 1.82) is 0 Å². The average molecular weight is 314 g/mol. The van der Waals surface area contributed by atoms with Gasteiger partial charge in [0.2, 0.25) is 0 Å². The van der Waals surface area contributed by atoms with Crippen molar-refractivity contribution in [2.45, 2.75) is 45.4 Å². The Morgan fingerprint density at radius 3 is 2.65 bits per heavy atom. The lowest BCUT2D eigenvalue weighted by Crippen LogP contribution is -2.58. The Morgan fingerprint density at radius 1 is 1.26 bits per heavy atom. The number of carbonyl (C=O) groups is 1. The van der Waals surface area contributed by atoms with Gasteiger partial charge in [-0.15, -0.1) is 0 Å². The van der Waals surface area contributed by atoms with Gasteiger partial charge in [-0.3, -0.25) is 9.69 Å². The summed E-state index contributed by atoms with van der Waals surface area (Å²) < 4.78 is 5.81. The minimum absolute atomic E-state index is 0.00799. The summed E-state index contributed by atoms with van der Waals surface area (Å²) in [6.45, 7) is 11.0. The van der Waals surface area contributed by atoms with Crippen LogP contribution in [0.5, 0.6) is 0 Å². The van der Waals surface area contributed by atoms with E-state index in [9.17, 15) is 4.79 Å². The summed E-state index contributed by atoms with van der Waals surface area (Å²) in [6, 6.07) is 0. The molecule has 4 heteroatoms. The number of rotatable bonds is 4. The van der Waals surface area contributed by atoms with Crippen LogP contribution < -0.4 is 5.32 Å². The van der Waals surface area contributed by atoms with E-state index in [2.05, 4.69) is 37.9 Å². The van der Waals surface area contributed by atoms with Gasteiger partial charge in [0.15, 0.2) is 0 Å². The quantitative estimate of drug-likeness (QED) is 0.866. The molecule has 1 heterocycles. The van der Waals surface area contributed by atoms with Crippen LogP contribution in [-0.2, 0) is 9.53 Å². The molecular formula is C19H26N2O2. The first-order valence-electron chi connectivity index (χ1n) is 8.36. The summed E-state index contributed by atoms with van der Waals surface area (Å²) in [5, 5.41) is 3.11. The van der Waals surface area contributed by atoms with E-state index in [-0.39, 0.29) is 23.7 Å². The minimum Gasteiger partial charge on any atom is -0.373 e. The number of hydrogen-bond acceptors (Lipinski definition) is 3. The number of ether oxygens (including phenoxy) is 1. The summed E-state index contributed by atoms with van der Waals surface area (Å²) in [5.74, 6) is 0.00799. The van der Waals surface area contributed by atoms with E-state index in [1.54, 1.807) is 0 Å². The average Bonchev–Trinajstić information content (AvgIpc) is 3.06. The summed E-state index contributed by atoms with van der Waals surface area (Å²) >= 11 is 0. The van der Waals surface area contributed by atoms with Crippen molar-refractivity contribution in [3.8, 4) is 0 Å². The van der Waals surface area contributed by atoms with Crippen molar-refractivity contribution in [1.82, 2.24) is 10.2 Å². The highest BCUT2D eigenvalue weighted by molar-refractivity contribution is 6.00. The van der Waals surface area contributed by atoms with Crippen molar-refractivity contribution in [2.24, 2.45) is 0 Å². The predicted molar refractivity (Wildman–Crippen MR) is 92.1 cm³/mol. The fourth-order valence-corrected chi connectivity index (χ4v) is 3.46. The second-order valence-electron chi connectivity index (χ2n) is 7.30. The van der Waals surface area contributed by atoms with Crippen molar-refractivity contribution < 1.29 is 9.53 Å². The summed E-state index contributed by atoms with van der Waals surface area (Å²) in [6.07, 6.45) is 10.4. The van der Waals surface area contributed by atoms with Crippen molar-refractivity contribution in [2.75, 3.05) is 19.6 Å². The Bertz CT molecular complexity index is 615. The van der Waals surface area contributed by atoms with E-state index in [4.69, 9.17) is 4.74 Å². The fraction of sp³-hybridized carbons (Fsp3) is 0.526. The molecule has 0 spiro atoms. The molecule has 0 saturated carbocycles. The molecule has 2 aliphatic carbocycles. The minimum atomic E-state index is -0.0975. The van der Waals surface area contributed by atoms with Gasteiger partial charge in [-0.2, -0.15) is 0 Å². The number of hydrogen-bond donors (Lipinski definition) is 1. The van der Waals surface area contributed by atoms with Crippen LogP contribution in [0.1, 0.15) is 27.7 Å². The highest BCUT2D eigenvalue weighted by atomic mass is 16.5. The van der Waals surface area contributed by atoms with Gasteiger partial charge in [0.1, 0.15) is 0 Å². The largest absolute Gasteiger partial charge is 0.373 e. The SMILES string of the molecule is CC1CN(C(C)(C)CNC(=O)C2=C3C=CC=C3C=C2)CC(C)O1. The van der Waals surface area contributed by atoms with Gasteiger partial charge >= 0.3 is 0 Å². The third-order valence-corrected chi connectivity index (χ3v) is 4.77. The third-order valence-electron chi connectivity index (χ3n) is 4.77. The van der Waals surface area contributed by atoms with Crippen LogP contribution in [0, 0.1) is 0 Å². The number of fused-ring (bicyclic) bond motifs is 1. The highest BCUT2D eigenvalue weighted by Crippen LogP contribution is 2.30. The lowest BCUT2D eigenvalue weighted by molar-refractivity contribution is -0.119. The summed E-state index contributed by atoms with van der Waals surface area (Å²) in [5.41, 5.74) is 2.84. The first kappa shape index (κ1) is 16.2. The Labute approximate surface area is 138 Å². The molecule has 1 aliphatic heterocycles. The Kier molecular flexibility index (Phi) is 4.30. The molecule has 2 unspecified atom stereocenters. The molecular weight excluding hydrogens is 288 g/mol. The normalized spacial score (nSPS) is 27.4. The van der Waals surface area contributed by atoms with Crippen LogP contribution in [-0.4, -0.2) is 48.2 Å². The van der Waals surface area contributed by atoms with E-state index in [1.807, 2.05) is 30.4 Å². The van der Waals surface area contributed by atoms with Crippen LogP contribution in [0.25, 0.3) is 0 Å². The van der Waals surface area contributed by atoms with Crippen LogP contribution in [0.3, 0.4) is 0 Å². The topological polar surface area (TPSA) is 41.6 Å². The second kappa shape index (κ2) is 6.10. The van der Waals surface area contributed by atoms with Gasteiger partial charge in [0, 0.05) is 30.7 Å². The Balaban J connectivity index is 1.62. The zero-order valence-corrected chi connectivity index (χ0v) is 14.4. The first-order chi connectivity index (χ1) is 10.9. The Hall–Kier alpha value is -1.65. The molecule has 3 aliphatic rings. The zero-order chi connectivity index (χ0) is 16.6. The van der Waals surface area contributed by atoms with Crippen molar-refractivity contribution in [3.05, 3.63) is 47.1 Å². The van der Waals surface area contributed by atoms with Gasteiger partial charge in [0.05, 0.1) is 12.2 Å². The smallest absolute Gasteiger partial charge is 0.251 e. The third kappa shape index (κ3) is 3.33. The van der Waals surface area contributed by atoms with Crippen LogP contribution in [0.2, 0.25) is 0 Å². The van der Waals surface area contributed by atoms with Gasteiger partial charge in [-0.25, -0.2) is 0 Å². The zero-order valence-electron chi connectivity index (χ0n) is 14.4. The first-order valence-corrected chi connectivity index (χ1v) is 8.36. The molecule has 3 rings (SSSR count). The van der Waals surface area contributed by atoms with E-state index in [0.29, 0.717) is 6.54 Å². The fourth-order valence-electron chi connectivity index (χ4n) is 3.46. The van der Waals surface area contributed by atoms with Crippen LogP contribution in [0.15, 0.2) is 47.1 Å². The van der Waals surface area contributed by atoms with Crippen LogP contribution >= 0.6 is 0 Å². The van der Waals surface area contributed by atoms with Crippen LogP contribution in [0.4, 0.5) is 0 Å². The predicted octanol–water partition coefficient (Wildman–Crippen LogP) is 2.35. The van der Waals surface area contributed by atoms with Gasteiger partial charge in [-0.05, 0) is 44.9 Å². The maximum absolute atomic E-state index is 12.5. The molecule has 1 fully saturated rings. The second-order valence-corrected chi connectivity index (χ2v) is 7.30. The highest BCUT2D eigenvalue weighted by Gasteiger charge is 2.33. The molecule has 0 aromatic rings. The van der Waals surface area contributed by atoms with Crippen molar-refractivity contribution >= 4 is 5.91 Å². The molecule has 0 bridgehead atoms. The maximum atomic E-state index is 12.5. The molecule has 1 N–H and O–H groups in total. The summed E-state index contributed by atoms with van der Waals surface area (Å²) in [7, 11) is 0. The molecule has 124 valence electrons. The molecule has 0 radical (unpaired) electrons. The number of amides is 1. The van der Waals surface area contributed by atoms with E-state index < -0.39 is 0 Å². The molecule has 1 amide bonds. The summed E-state index contributed by atoms with van der Waals surface area (Å²) in [4.78, 5) is 14.9. The number of nitrogens with one attached hydrogen (secondary N) is 1. The lowest BCUT2D eigenvalue weighted by atomic mass is 9.99. The van der Waals surface area contributed by atoms with Gasteiger partial charge < -0.3 is 10.1 Å². The number of allylic oxidation sites excluding steroid dienone is 6. The molecule has 23 heavy (non-hydrogen) atoms.